The lowest BCUT2D eigenvalue weighted by atomic mass is 9.97. The highest BCUT2D eigenvalue weighted by Gasteiger charge is 2.16. The highest BCUT2D eigenvalue weighted by Crippen LogP contribution is 2.23. The summed E-state index contributed by atoms with van der Waals surface area (Å²) in [6.45, 7) is 4.42. The van der Waals surface area contributed by atoms with Crippen LogP contribution in [0.3, 0.4) is 0 Å². The quantitative estimate of drug-likeness (QED) is 0.942. The maximum Gasteiger partial charge on any atom is 0.257 e. The zero-order chi connectivity index (χ0) is 15.6. The molecule has 2 aromatic rings. The summed E-state index contributed by atoms with van der Waals surface area (Å²) in [4.78, 5) is 12.0. The molecule has 1 N–H and O–H groups in total. The zero-order valence-corrected chi connectivity index (χ0v) is 12.9. The Labute approximate surface area is 127 Å². The van der Waals surface area contributed by atoms with E-state index in [2.05, 4.69) is 24.3 Å². The van der Waals surface area contributed by atoms with Crippen LogP contribution in [0.25, 0.3) is 0 Å². The van der Waals surface area contributed by atoms with Crippen LogP contribution in [0.15, 0.2) is 24.4 Å². The number of carbonyl (C=O) groups excluding carboxylic acids is 1. The Morgan fingerprint density at radius 2 is 2.19 bits per heavy atom. The van der Waals surface area contributed by atoms with Gasteiger partial charge in [0.05, 0.1) is 6.20 Å². The lowest BCUT2D eigenvalue weighted by molar-refractivity contribution is 0.0946. The van der Waals surface area contributed by atoms with Crippen molar-refractivity contribution < 1.29 is 9.18 Å². The molecule has 0 saturated carbocycles. The molecule has 0 unspecified atom stereocenters. The first-order valence-corrected chi connectivity index (χ1v) is 7.02. The highest BCUT2D eigenvalue weighted by molar-refractivity contribution is 6.30. The number of hydrogen-bond donors (Lipinski definition) is 1. The Hall–Kier alpha value is -1.88. The monoisotopic (exact) mass is 309 g/mol. The fourth-order valence-electron chi connectivity index (χ4n) is 2.14. The van der Waals surface area contributed by atoms with E-state index in [0.717, 1.165) is 15.8 Å². The first-order valence-electron chi connectivity index (χ1n) is 6.64. The molecule has 0 saturated heterocycles. The van der Waals surface area contributed by atoms with E-state index in [0.29, 0.717) is 17.5 Å². The molecule has 0 bridgehead atoms. The van der Waals surface area contributed by atoms with Crippen LogP contribution in [0.4, 0.5) is 4.39 Å². The van der Waals surface area contributed by atoms with Crippen LogP contribution >= 0.6 is 11.6 Å². The minimum atomic E-state index is -0.650. The minimum absolute atomic E-state index is 0.0642. The summed E-state index contributed by atoms with van der Waals surface area (Å²) < 4.78 is 14.6. The molecule has 1 heterocycles. The van der Waals surface area contributed by atoms with Gasteiger partial charge >= 0.3 is 0 Å². The van der Waals surface area contributed by atoms with Gasteiger partial charge in [-0.3, -0.25) is 4.79 Å². The number of rotatable bonds is 4. The van der Waals surface area contributed by atoms with Gasteiger partial charge in [0.2, 0.25) is 5.95 Å². The van der Waals surface area contributed by atoms with Gasteiger partial charge in [-0.05, 0) is 29.2 Å². The van der Waals surface area contributed by atoms with Crippen molar-refractivity contribution in [2.75, 3.05) is 0 Å². The van der Waals surface area contributed by atoms with Crippen LogP contribution in [-0.2, 0) is 13.6 Å². The third-order valence-electron chi connectivity index (χ3n) is 3.28. The lowest BCUT2D eigenvalue weighted by Crippen LogP contribution is -2.24. The van der Waals surface area contributed by atoms with Gasteiger partial charge in [0.15, 0.2) is 0 Å². The molecular weight excluding hydrogens is 293 g/mol. The van der Waals surface area contributed by atoms with Crippen LogP contribution in [-0.4, -0.2) is 15.7 Å². The summed E-state index contributed by atoms with van der Waals surface area (Å²) in [5.41, 5.74) is 1.96. The van der Waals surface area contributed by atoms with Gasteiger partial charge in [0, 0.05) is 18.6 Å². The summed E-state index contributed by atoms with van der Waals surface area (Å²) in [5, 5.41) is 7.02. The van der Waals surface area contributed by atoms with E-state index in [4.69, 9.17) is 11.6 Å². The van der Waals surface area contributed by atoms with Gasteiger partial charge in [-0.25, -0.2) is 4.68 Å². The second-order valence-corrected chi connectivity index (χ2v) is 5.59. The van der Waals surface area contributed by atoms with Crippen LogP contribution in [0.1, 0.15) is 41.3 Å². The number of aromatic nitrogens is 2. The maximum atomic E-state index is 13.6. The summed E-state index contributed by atoms with van der Waals surface area (Å²) in [7, 11) is 1.44. The van der Waals surface area contributed by atoms with Crippen molar-refractivity contribution in [3.05, 3.63) is 52.1 Å². The number of halogens is 2. The topological polar surface area (TPSA) is 46.9 Å². The molecule has 4 nitrogen and oxygen atoms in total. The van der Waals surface area contributed by atoms with Crippen LogP contribution in [0, 0.1) is 5.95 Å². The van der Waals surface area contributed by atoms with Gasteiger partial charge in [0.25, 0.3) is 5.91 Å². The van der Waals surface area contributed by atoms with Gasteiger partial charge in [-0.15, -0.1) is 0 Å². The number of nitrogens with zero attached hydrogens (tertiary/aromatic N) is 2. The number of amides is 1. The SMILES string of the molecule is CC(C)c1ccc(Cl)cc1CNC(=O)c1cnn(C)c1F. The number of carbonyl (C=O) groups is 1. The average Bonchev–Trinajstić information content (AvgIpc) is 2.76. The van der Waals surface area contributed by atoms with Crippen molar-refractivity contribution >= 4 is 17.5 Å². The number of nitrogens with one attached hydrogen (secondary N) is 1. The fourth-order valence-corrected chi connectivity index (χ4v) is 2.33. The smallest absolute Gasteiger partial charge is 0.257 e. The van der Waals surface area contributed by atoms with Gasteiger partial charge < -0.3 is 5.32 Å². The van der Waals surface area contributed by atoms with Crippen molar-refractivity contribution in [1.29, 1.82) is 0 Å². The Morgan fingerprint density at radius 3 is 2.76 bits per heavy atom. The molecule has 0 atom stereocenters. The summed E-state index contributed by atoms with van der Waals surface area (Å²) >= 11 is 6.00. The number of benzene rings is 1. The highest BCUT2D eigenvalue weighted by atomic mass is 35.5. The van der Waals surface area contributed by atoms with E-state index >= 15 is 0 Å². The first-order chi connectivity index (χ1) is 9.90. The molecule has 1 amide bonds. The normalized spacial score (nSPS) is 11.0. The molecular formula is C15H17ClFN3O. The molecule has 2 rings (SSSR count). The number of aryl methyl sites for hydroxylation is 1. The van der Waals surface area contributed by atoms with E-state index in [9.17, 15) is 9.18 Å². The van der Waals surface area contributed by atoms with Crippen LogP contribution in [0.2, 0.25) is 5.02 Å². The Kier molecular flexibility index (Phi) is 4.63. The molecule has 0 aliphatic carbocycles. The van der Waals surface area contributed by atoms with Gasteiger partial charge in [-0.1, -0.05) is 31.5 Å². The van der Waals surface area contributed by atoms with E-state index in [1.54, 1.807) is 0 Å². The van der Waals surface area contributed by atoms with Crippen molar-refractivity contribution in [2.24, 2.45) is 7.05 Å². The molecule has 0 fully saturated rings. The predicted molar refractivity (Wildman–Crippen MR) is 79.9 cm³/mol. The van der Waals surface area contributed by atoms with Crippen molar-refractivity contribution in [3.63, 3.8) is 0 Å². The third kappa shape index (κ3) is 3.42. The first kappa shape index (κ1) is 15.5. The molecule has 0 spiro atoms. The van der Waals surface area contributed by atoms with Crippen LogP contribution < -0.4 is 5.32 Å². The maximum absolute atomic E-state index is 13.6. The lowest BCUT2D eigenvalue weighted by Gasteiger charge is -2.13. The van der Waals surface area contributed by atoms with Crippen molar-refractivity contribution in [2.45, 2.75) is 26.3 Å². The molecule has 0 aliphatic heterocycles. The molecule has 112 valence electrons. The second-order valence-electron chi connectivity index (χ2n) is 5.15. The Morgan fingerprint density at radius 1 is 1.48 bits per heavy atom. The van der Waals surface area contributed by atoms with E-state index in [-0.39, 0.29) is 5.56 Å². The second kappa shape index (κ2) is 6.26. The molecule has 1 aromatic carbocycles. The predicted octanol–water partition coefficient (Wildman–Crippen LogP) is 3.27. The zero-order valence-electron chi connectivity index (χ0n) is 12.2. The van der Waals surface area contributed by atoms with E-state index < -0.39 is 11.9 Å². The van der Waals surface area contributed by atoms with Crippen LogP contribution in [0.5, 0.6) is 0 Å². The largest absolute Gasteiger partial charge is 0.348 e. The Balaban J connectivity index is 2.15. The standard InChI is InChI=1S/C15H17ClFN3O/c1-9(2)12-5-4-11(16)6-10(12)7-18-15(21)13-8-19-20(3)14(13)17/h4-6,8-9H,7H2,1-3H3,(H,18,21). The summed E-state index contributed by atoms with van der Waals surface area (Å²) in [6.07, 6.45) is 1.21. The van der Waals surface area contributed by atoms with Gasteiger partial charge in [0.1, 0.15) is 5.56 Å². The van der Waals surface area contributed by atoms with Crippen molar-refractivity contribution in [1.82, 2.24) is 15.1 Å². The molecule has 21 heavy (non-hydrogen) atoms. The van der Waals surface area contributed by atoms with Crippen molar-refractivity contribution in [3.8, 4) is 0 Å². The molecule has 6 heteroatoms. The molecule has 1 aromatic heterocycles. The van der Waals surface area contributed by atoms with Gasteiger partial charge in [-0.2, -0.15) is 9.49 Å². The summed E-state index contributed by atoms with van der Waals surface area (Å²) in [5.74, 6) is -0.831. The number of hydrogen-bond acceptors (Lipinski definition) is 2. The fraction of sp³-hybridized carbons (Fsp3) is 0.333. The van der Waals surface area contributed by atoms with E-state index in [1.807, 2.05) is 18.2 Å². The third-order valence-corrected chi connectivity index (χ3v) is 3.51. The van der Waals surface area contributed by atoms with E-state index in [1.165, 1.54) is 13.2 Å². The summed E-state index contributed by atoms with van der Waals surface area (Å²) in [6, 6.07) is 5.58. The average molecular weight is 310 g/mol. The molecule has 0 radical (unpaired) electrons. The minimum Gasteiger partial charge on any atom is -0.348 e. The Bertz CT molecular complexity index is 667. The molecule has 0 aliphatic rings.